The second-order valence-electron chi connectivity index (χ2n) is 7.72. The lowest BCUT2D eigenvalue weighted by atomic mass is 10.1. The third-order valence-corrected chi connectivity index (χ3v) is 6.01. The zero-order chi connectivity index (χ0) is 22.5. The van der Waals surface area contributed by atoms with Crippen LogP contribution in [0.1, 0.15) is 27.0 Å². The van der Waals surface area contributed by atoms with E-state index in [4.69, 9.17) is 4.99 Å². The van der Waals surface area contributed by atoms with Gasteiger partial charge in [-0.3, -0.25) is 15.1 Å². The van der Waals surface area contributed by atoms with Gasteiger partial charge < -0.3 is 10.3 Å². The number of nitrogens with one attached hydrogen (secondary N) is 3. The van der Waals surface area contributed by atoms with Crippen LogP contribution < -0.4 is 10.6 Å². The number of anilines is 1. The van der Waals surface area contributed by atoms with Crippen molar-refractivity contribution in [3.05, 3.63) is 99.7 Å². The van der Waals surface area contributed by atoms with Crippen LogP contribution in [0.5, 0.6) is 0 Å². The molecular formula is C26H25BrN4O. The zero-order valence-corrected chi connectivity index (χ0v) is 19.7. The number of aromatic amines is 1. The number of halogens is 1. The maximum atomic E-state index is 12.9. The predicted octanol–water partition coefficient (Wildman–Crippen LogP) is 5.99. The molecule has 0 aliphatic heterocycles. The molecule has 3 aromatic carbocycles. The van der Waals surface area contributed by atoms with Crippen LogP contribution in [0.3, 0.4) is 0 Å². The van der Waals surface area contributed by atoms with Gasteiger partial charge in [-0.2, -0.15) is 0 Å². The lowest BCUT2D eigenvalue weighted by molar-refractivity contribution is 0.0976. The Bertz CT molecular complexity index is 1290. The van der Waals surface area contributed by atoms with Gasteiger partial charge in [-0.15, -0.1) is 0 Å². The van der Waals surface area contributed by atoms with Crippen LogP contribution in [0.25, 0.3) is 10.9 Å². The van der Waals surface area contributed by atoms with Crippen molar-refractivity contribution in [1.29, 1.82) is 0 Å². The summed E-state index contributed by atoms with van der Waals surface area (Å²) < 4.78 is 0.738. The molecule has 3 N–H and O–H groups in total. The topological polar surface area (TPSA) is 69.3 Å². The maximum absolute atomic E-state index is 12.9. The number of H-pyrrole nitrogens is 1. The number of hydrogen-bond acceptors (Lipinski definition) is 2. The number of amides is 1. The van der Waals surface area contributed by atoms with Crippen LogP contribution in [-0.2, 0) is 6.42 Å². The Labute approximate surface area is 196 Å². The number of hydrogen-bond donors (Lipinski definition) is 3. The van der Waals surface area contributed by atoms with Crippen molar-refractivity contribution in [2.45, 2.75) is 20.3 Å². The molecule has 0 bridgehead atoms. The van der Waals surface area contributed by atoms with E-state index in [9.17, 15) is 4.79 Å². The van der Waals surface area contributed by atoms with Crippen LogP contribution in [0.2, 0.25) is 0 Å². The molecule has 1 heterocycles. The highest BCUT2D eigenvalue weighted by molar-refractivity contribution is 9.10. The summed E-state index contributed by atoms with van der Waals surface area (Å²) in [6.07, 6.45) is 2.78. The summed E-state index contributed by atoms with van der Waals surface area (Å²) >= 11 is 3.45. The van der Waals surface area contributed by atoms with E-state index in [2.05, 4.69) is 61.9 Å². The number of fused-ring (bicyclic) bond motifs is 1. The first-order valence-electron chi connectivity index (χ1n) is 10.5. The normalized spacial score (nSPS) is 11.5. The van der Waals surface area contributed by atoms with E-state index < -0.39 is 0 Å². The van der Waals surface area contributed by atoms with Crippen molar-refractivity contribution in [2.75, 3.05) is 11.9 Å². The number of guanidine groups is 1. The van der Waals surface area contributed by atoms with E-state index in [0.29, 0.717) is 18.1 Å². The molecule has 32 heavy (non-hydrogen) atoms. The predicted molar refractivity (Wildman–Crippen MR) is 135 cm³/mol. The van der Waals surface area contributed by atoms with E-state index in [-0.39, 0.29) is 5.91 Å². The van der Waals surface area contributed by atoms with Crippen molar-refractivity contribution >= 4 is 44.4 Å². The zero-order valence-electron chi connectivity index (χ0n) is 18.1. The minimum Gasteiger partial charge on any atom is -0.361 e. The van der Waals surface area contributed by atoms with Gasteiger partial charge >= 0.3 is 0 Å². The molecule has 0 saturated heterocycles. The molecule has 162 valence electrons. The van der Waals surface area contributed by atoms with Crippen molar-refractivity contribution in [1.82, 2.24) is 10.3 Å². The summed E-state index contributed by atoms with van der Waals surface area (Å²) in [7, 11) is 0. The van der Waals surface area contributed by atoms with Gasteiger partial charge in [0, 0.05) is 33.8 Å². The summed E-state index contributed by atoms with van der Waals surface area (Å²) in [6.45, 7) is 4.60. The quantitative estimate of drug-likeness (QED) is 0.238. The van der Waals surface area contributed by atoms with Gasteiger partial charge in [-0.05, 0) is 77.2 Å². The Morgan fingerprint density at radius 1 is 1.03 bits per heavy atom. The Morgan fingerprint density at radius 3 is 2.66 bits per heavy atom. The number of carbonyl (C=O) groups excluding carboxylic acids is 1. The van der Waals surface area contributed by atoms with E-state index >= 15 is 0 Å². The van der Waals surface area contributed by atoms with Crippen molar-refractivity contribution in [2.24, 2.45) is 4.99 Å². The van der Waals surface area contributed by atoms with E-state index in [1.165, 1.54) is 10.9 Å². The third kappa shape index (κ3) is 5.08. The molecule has 0 fully saturated rings. The number of carbonyl (C=O) groups is 1. The first-order valence-corrected chi connectivity index (χ1v) is 11.3. The molecule has 4 rings (SSSR count). The number of nitrogens with zero attached hydrogens (tertiary/aromatic N) is 1. The van der Waals surface area contributed by atoms with Gasteiger partial charge in [0.1, 0.15) is 0 Å². The first-order chi connectivity index (χ1) is 15.5. The maximum Gasteiger partial charge on any atom is 0.259 e. The fourth-order valence-corrected chi connectivity index (χ4v) is 4.02. The highest BCUT2D eigenvalue weighted by atomic mass is 79.9. The highest BCUT2D eigenvalue weighted by Gasteiger charge is 2.13. The molecule has 0 radical (unpaired) electrons. The minimum absolute atomic E-state index is 0.221. The molecule has 0 unspecified atom stereocenters. The summed E-state index contributed by atoms with van der Waals surface area (Å²) in [6, 6.07) is 21.7. The molecule has 0 spiro atoms. The Morgan fingerprint density at radius 2 is 1.81 bits per heavy atom. The fourth-order valence-electron chi connectivity index (χ4n) is 3.56. The molecule has 6 heteroatoms. The summed E-state index contributed by atoms with van der Waals surface area (Å²) in [5.41, 5.74) is 6.00. The molecule has 1 aromatic heterocycles. The molecule has 0 aliphatic rings. The number of aromatic nitrogens is 1. The van der Waals surface area contributed by atoms with Crippen molar-refractivity contribution in [3.8, 4) is 0 Å². The molecule has 5 nitrogen and oxygen atoms in total. The Balaban J connectivity index is 1.56. The smallest absolute Gasteiger partial charge is 0.259 e. The van der Waals surface area contributed by atoms with E-state index in [0.717, 1.165) is 33.2 Å². The van der Waals surface area contributed by atoms with E-state index in [1.807, 2.05) is 50.4 Å². The number of aryl methyl sites for hydroxylation is 2. The highest BCUT2D eigenvalue weighted by Crippen LogP contribution is 2.19. The largest absolute Gasteiger partial charge is 0.361 e. The molecule has 4 aromatic rings. The van der Waals surface area contributed by atoms with Crippen LogP contribution in [-0.4, -0.2) is 23.4 Å². The summed E-state index contributed by atoms with van der Waals surface area (Å²) in [4.78, 5) is 20.9. The van der Waals surface area contributed by atoms with Gasteiger partial charge in [0.25, 0.3) is 5.91 Å². The molecule has 1 amide bonds. The second-order valence-corrected chi connectivity index (χ2v) is 8.57. The Hall–Kier alpha value is -3.38. The van der Waals surface area contributed by atoms with Crippen molar-refractivity contribution in [3.63, 3.8) is 0 Å². The second kappa shape index (κ2) is 9.83. The van der Waals surface area contributed by atoms with Crippen LogP contribution in [0, 0.1) is 13.8 Å². The summed E-state index contributed by atoms with van der Waals surface area (Å²) in [5.74, 6) is 0.209. The molecule has 0 aliphatic carbocycles. The number of para-hydroxylation sites is 1. The van der Waals surface area contributed by atoms with Crippen LogP contribution in [0.15, 0.2) is 82.4 Å². The average Bonchev–Trinajstić information content (AvgIpc) is 3.19. The molecule has 0 saturated carbocycles. The lowest BCUT2D eigenvalue weighted by Gasteiger charge is -2.15. The van der Waals surface area contributed by atoms with Gasteiger partial charge in [-0.1, -0.05) is 42.5 Å². The van der Waals surface area contributed by atoms with Gasteiger partial charge in [0.2, 0.25) is 5.96 Å². The minimum atomic E-state index is -0.221. The fraction of sp³-hybridized carbons (Fsp3) is 0.154. The van der Waals surface area contributed by atoms with Gasteiger partial charge in [-0.25, -0.2) is 0 Å². The Kier molecular flexibility index (Phi) is 6.71. The van der Waals surface area contributed by atoms with E-state index in [1.54, 1.807) is 6.07 Å². The number of benzene rings is 3. The average molecular weight is 489 g/mol. The SMILES string of the molecule is Cc1ccc(C)c(NC(=NCCc2c[nH]c3ccccc23)NC(=O)c2ccccc2Br)c1. The van der Waals surface area contributed by atoms with Crippen molar-refractivity contribution < 1.29 is 4.79 Å². The molecular weight excluding hydrogens is 464 g/mol. The van der Waals surface area contributed by atoms with Gasteiger partial charge in [0.15, 0.2) is 0 Å². The van der Waals surface area contributed by atoms with Crippen LogP contribution >= 0.6 is 15.9 Å². The number of aliphatic imine (C=N–C) groups is 1. The third-order valence-electron chi connectivity index (χ3n) is 5.32. The summed E-state index contributed by atoms with van der Waals surface area (Å²) in [5, 5.41) is 7.47. The molecule has 0 atom stereocenters. The lowest BCUT2D eigenvalue weighted by Crippen LogP contribution is -2.36. The van der Waals surface area contributed by atoms with Crippen LogP contribution in [0.4, 0.5) is 5.69 Å². The van der Waals surface area contributed by atoms with Gasteiger partial charge in [0.05, 0.1) is 5.56 Å². The standard InChI is InChI=1S/C26H25BrN4O/c1-17-11-12-18(2)24(15-17)30-26(31-25(32)21-8-3-5-9-22(21)27)28-14-13-19-16-29-23-10-6-4-7-20(19)23/h3-12,15-16,29H,13-14H2,1-2H3,(H2,28,30,31,32). The first kappa shape index (κ1) is 21.8. The monoisotopic (exact) mass is 488 g/mol. The number of rotatable bonds is 5.